The van der Waals surface area contributed by atoms with Gasteiger partial charge in [0, 0.05) is 29.9 Å². The summed E-state index contributed by atoms with van der Waals surface area (Å²) in [5, 5.41) is 12.1. The molecule has 2 amide bonds. The molecule has 148 valence electrons. The fourth-order valence-electron chi connectivity index (χ4n) is 2.75. The van der Waals surface area contributed by atoms with E-state index in [4.69, 9.17) is 0 Å². The number of hydrogen-bond donors (Lipinski definition) is 2. The summed E-state index contributed by atoms with van der Waals surface area (Å²) in [5.41, 5.74) is 1.19. The van der Waals surface area contributed by atoms with Gasteiger partial charge in [-0.2, -0.15) is 0 Å². The highest BCUT2D eigenvalue weighted by Gasteiger charge is 2.29. The lowest BCUT2D eigenvalue weighted by Gasteiger charge is -2.20. The molecule has 0 atom stereocenters. The predicted molar refractivity (Wildman–Crippen MR) is 109 cm³/mol. The lowest BCUT2D eigenvalue weighted by Crippen LogP contribution is -2.30. The number of carbonyl (C=O) groups is 3. The van der Waals surface area contributed by atoms with Gasteiger partial charge >= 0.3 is 5.97 Å². The van der Waals surface area contributed by atoms with Crippen LogP contribution in [0.2, 0.25) is 0 Å². The number of amides is 2. The number of aliphatic carboxylic acids is 1. The zero-order valence-electron chi connectivity index (χ0n) is 16.7. The Morgan fingerprint density at radius 3 is 1.86 bits per heavy atom. The van der Waals surface area contributed by atoms with Gasteiger partial charge in [0.15, 0.2) is 0 Å². The Balaban J connectivity index is 2.09. The van der Waals surface area contributed by atoms with Gasteiger partial charge in [0.05, 0.1) is 5.41 Å². The van der Waals surface area contributed by atoms with Crippen LogP contribution in [0.1, 0.15) is 54.0 Å². The maximum absolute atomic E-state index is 12.4. The molecule has 0 aliphatic carbocycles. The van der Waals surface area contributed by atoms with Gasteiger partial charge in [0.25, 0.3) is 11.8 Å². The molecule has 0 saturated carbocycles. The second-order valence-electron chi connectivity index (χ2n) is 7.02. The van der Waals surface area contributed by atoms with E-state index in [-0.39, 0.29) is 11.8 Å². The lowest BCUT2D eigenvalue weighted by molar-refractivity contribution is -0.142. The molecule has 0 aromatic heterocycles. The Morgan fingerprint density at radius 2 is 1.39 bits per heavy atom. The third kappa shape index (κ3) is 4.57. The van der Waals surface area contributed by atoms with E-state index >= 15 is 0 Å². The van der Waals surface area contributed by atoms with Crippen molar-refractivity contribution in [3.8, 4) is 0 Å². The number of carboxylic acids is 1. The second kappa shape index (κ2) is 8.69. The molecule has 0 saturated heterocycles. The number of carboxylic acid groups (broad SMARTS) is 1. The van der Waals surface area contributed by atoms with Gasteiger partial charge in [-0.3, -0.25) is 14.4 Å². The molecule has 0 spiro atoms. The number of carbonyl (C=O) groups excluding carboxylic acids is 2. The third-order valence-electron chi connectivity index (χ3n) is 4.84. The first-order valence-electron chi connectivity index (χ1n) is 9.25. The number of benzene rings is 2. The molecule has 2 rings (SSSR count). The van der Waals surface area contributed by atoms with Crippen molar-refractivity contribution < 1.29 is 19.5 Å². The number of anilines is 1. The average molecular weight is 382 g/mol. The zero-order valence-corrected chi connectivity index (χ0v) is 16.7. The van der Waals surface area contributed by atoms with Crippen LogP contribution >= 0.6 is 0 Å². The maximum Gasteiger partial charge on any atom is 0.313 e. The van der Waals surface area contributed by atoms with Crippen molar-refractivity contribution in [2.24, 2.45) is 0 Å². The summed E-state index contributed by atoms with van der Waals surface area (Å²) in [4.78, 5) is 37.8. The maximum atomic E-state index is 12.4. The molecule has 0 heterocycles. The van der Waals surface area contributed by atoms with E-state index in [0.717, 1.165) is 0 Å². The summed E-state index contributed by atoms with van der Waals surface area (Å²) in [7, 11) is 0. The topological polar surface area (TPSA) is 86.7 Å². The van der Waals surface area contributed by atoms with Crippen LogP contribution in [0.3, 0.4) is 0 Å². The van der Waals surface area contributed by atoms with Gasteiger partial charge in [-0.25, -0.2) is 0 Å². The van der Waals surface area contributed by atoms with Gasteiger partial charge in [-0.15, -0.1) is 0 Å². The minimum atomic E-state index is -1.00. The van der Waals surface area contributed by atoms with Crippen LogP contribution in [-0.2, 0) is 10.2 Å². The first-order chi connectivity index (χ1) is 13.2. The molecule has 0 unspecified atom stereocenters. The van der Waals surface area contributed by atoms with Crippen molar-refractivity contribution >= 4 is 23.5 Å². The largest absolute Gasteiger partial charge is 0.481 e. The number of rotatable bonds is 7. The van der Waals surface area contributed by atoms with Gasteiger partial charge in [-0.05, 0) is 69.7 Å². The molecule has 0 aliphatic rings. The van der Waals surface area contributed by atoms with Crippen LogP contribution in [0.4, 0.5) is 5.69 Å². The normalized spacial score (nSPS) is 11.0. The van der Waals surface area contributed by atoms with Crippen LogP contribution in [0.15, 0.2) is 48.5 Å². The number of nitrogens with zero attached hydrogens (tertiary/aromatic N) is 1. The molecule has 0 radical (unpaired) electrons. The Labute approximate surface area is 165 Å². The Hall–Kier alpha value is -3.15. The summed E-state index contributed by atoms with van der Waals surface area (Å²) in [6.07, 6.45) is 0. The van der Waals surface area contributed by atoms with Crippen molar-refractivity contribution in [3.05, 3.63) is 65.2 Å². The van der Waals surface area contributed by atoms with Crippen molar-refractivity contribution in [1.29, 1.82) is 0 Å². The van der Waals surface area contributed by atoms with E-state index in [9.17, 15) is 19.5 Å². The Bertz CT molecular complexity index is 851. The predicted octanol–water partition coefficient (Wildman–Crippen LogP) is 3.78. The molecule has 0 bridgehead atoms. The highest BCUT2D eigenvalue weighted by atomic mass is 16.4. The van der Waals surface area contributed by atoms with Gasteiger partial charge in [0.1, 0.15) is 0 Å². The van der Waals surface area contributed by atoms with Crippen LogP contribution in [-0.4, -0.2) is 40.9 Å². The van der Waals surface area contributed by atoms with Crippen molar-refractivity contribution in [2.75, 3.05) is 18.4 Å². The van der Waals surface area contributed by atoms with Crippen molar-refractivity contribution in [2.45, 2.75) is 33.1 Å². The molecule has 0 fully saturated rings. The highest BCUT2D eigenvalue weighted by Crippen LogP contribution is 2.25. The van der Waals surface area contributed by atoms with Crippen molar-refractivity contribution in [3.63, 3.8) is 0 Å². The minimum absolute atomic E-state index is 0.0615. The summed E-state index contributed by atoms with van der Waals surface area (Å²) in [5.74, 6) is -1.27. The first kappa shape index (κ1) is 21.2. The van der Waals surface area contributed by atoms with E-state index in [1.54, 1.807) is 67.3 Å². The fraction of sp³-hybridized carbons (Fsp3) is 0.318. The lowest BCUT2D eigenvalue weighted by atomic mass is 9.85. The molecular weight excluding hydrogens is 356 g/mol. The number of hydrogen-bond acceptors (Lipinski definition) is 3. The van der Waals surface area contributed by atoms with Crippen LogP contribution < -0.4 is 5.32 Å². The molecule has 28 heavy (non-hydrogen) atoms. The third-order valence-corrected chi connectivity index (χ3v) is 4.84. The molecule has 6 heteroatoms. The quantitative estimate of drug-likeness (QED) is 0.763. The molecule has 2 aromatic rings. The monoisotopic (exact) mass is 382 g/mol. The zero-order chi connectivity index (χ0) is 20.9. The van der Waals surface area contributed by atoms with Gasteiger partial charge in [0.2, 0.25) is 0 Å². The molecule has 2 N–H and O–H groups in total. The van der Waals surface area contributed by atoms with Crippen molar-refractivity contribution in [1.82, 2.24) is 4.90 Å². The highest BCUT2D eigenvalue weighted by molar-refractivity contribution is 6.05. The molecular formula is C22H26N2O4. The van der Waals surface area contributed by atoms with Crippen LogP contribution in [0, 0.1) is 0 Å². The average Bonchev–Trinajstić information content (AvgIpc) is 2.69. The molecule has 0 aliphatic heterocycles. The summed E-state index contributed by atoms with van der Waals surface area (Å²) in [6, 6.07) is 13.3. The fourth-order valence-corrected chi connectivity index (χ4v) is 2.75. The molecule has 2 aromatic carbocycles. The first-order valence-corrected chi connectivity index (χ1v) is 9.25. The second-order valence-corrected chi connectivity index (χ2v) is 7.02. The number of nitrogens with one attached hydrogen (secondary N) is 1. The SMILES string of the molecule is CCN(CC)C(=O)c1ccc(C(=O)Nc2ccc(C(C)(C)C(=O)O)cc2)cc1. The minimum Gasteiger partial charge on any atom is -0.481 e. The summed E-state index contributed by atoms with van der Waals surface area (Å²) < 4.78 is 0. The summed E-state index contributed by atoms with van der Waals surface area (Å²) >= 11 is 0. The van der Waals surface area contributed by atoms with Crippen LogP contribution in [0.5, 0.6) is 0 Å². The van der Waals surface area contributed by atoms with E-state index in [0.29, 0.717) is 35.5 Å². The van der Waals surface area contributed by atoms with E-state index < -0.39 is 11.4 Å². The Morgan fingerprint density at radius 1 is 0.893 bits per heavy atom. The van der Waals surface area contributed by atoms with E-state index in [1.807, 2.05) is 13.8 Å². The molecule has 6 nitrogen and oxygen atoms in total. The smallest absolute Gasteiger partial charge is 0.313 e. The van der Waals surface area contributed by atoms with Gasteiger partial charge in [-0.1, -0.05) is 12.1 Å². The van der Waals surface area contributed by atoms with E-state index in [1.165, 1.54) is 0 Å². The van der Waals surface area contributed by atoms with Crippen LogP contribution in [0.25, 0.3) is 0 Å². The Kier molecular flexibility index (Phi) is 6.57. The summed E-state index contributed by atoms with van der Waals surface area (Å²) in [6.45, 7) is 8.37. The standard InChI is InChI=1S/C22H26N2O4/c1-5-24(6-2)20(26)16-9-7-15(8-10-16)19(25)23-18-13-11-17(12-14-18)22(3,4)21(27)28/h7-14H,5-6H2,1-4H3,(H,23,25)(H,27,28). The van der Waals surface area contributed by atoms with E-state index in [2.05, 4.69) is 5.32 Å². The van der Waals surface area contributed by atoms with Gasteiger partial charge < -0.3 is 15.3 Å².